The Kier molecular flexibility index (Phi) is 5.40. The Hall–Kier alpha value is -0.610. The van der Waals surface area contributed by atoms with E-state index in [0.29, 0.717) is 18.5 Å². The molecule has 1 fully saturated rings. The second-order valence-electron chi connectivity index (χ2n) is 5.30. The fourth-order valence-corrected chi connectivity index (χ4v) is 2.26. The zero-order valence-corrected chi connectivity index (χ0v) is 11.5. The van der Waals surface area contributed by atoms with Gasteiger partial charge in [-0.25, -0.2) is 0 Å². The summed E-state index contributed by atoms with van der Waals surface area (Å²) in [6, 6.07) is 0.408. The molecule has 0 aromatic heterocycles. The first-order chi connectivity index (χ1) is 8.01. The Morgan fingerprint density at radius 1 is 1.53 bits per heavy atom. The number of carbonyl (C=O) groups excluding carboxylic acids is 1. The summed E-state index contributed by atoms with van der Waals surface area (Å²) in [6.45, 7) is 7.54. The molecule has 0 saturated carbocycles. The van der Waals surface area contributed by atoms with E-state index < -0.39 is 5.60 Å². The average Bonchev–Trinajstić information content (AvgIpc) is 2.36. The van der Waals surface area contributed by atoms with Crippen molar-refractivity contribution in [3.8, 4) is 0 Å². The quantitative estimate of drug-likeness (QED) is 0.764. The Morgan fingerprint density at radius 2 is 2.24 bits per heavy atom. The zero-order valence-electron chi connectivity index (χ0n) is 11.5. The number of methoxy groups -OCH3 is 1. The smallest absolute Gasteiger partial charge is 0.251 e. The van der Waals surface area contributed by atoms with Gasteiger partial charge in [-0.3, -0.25) is 4.79 Å². The fraction of sp³-hybridized carbons (Fsp3) is 0.923. The molecule has 1 amide bonds. The van der Waals surface area contributed by atoms with Crippen LogP contribution in [0.4, 0.5) is 0 Å². The van der Waals surface area contributed by atoms with Gasteiger partial charge in [-0.15, -0.1) is 0 Å². The molecule has 2 unspecified atom stereocenters. The van der Waals surface area contributed by atoms with E-state index >= 15 is 0 Å². The topological polar surface area (TPSA) is 50.4 Å². The first kappa shape index (κ1) is 14.5. The summed E-state index contributed by atoms with van der Waals surface area (Å²) in [4.78, 5) is 11.9. The summed E-state index contributed by atoms with van der Waals surface area (Å²) in [6.07, 6.45) is 3.67. The molecular formula is C13H26N2O2. The molecular weight excluding hydrogens is 216 g/mol. The maximum atomic E-state index is 11.9. The van der Waals surface area contributed by atoms with Gasteiger partial charge in [0.05, 0.1) is 0 Å². The number of amides is 1. The highest BCUT2D eigenvalue weighted by atomic mass is 16.5. The van der Waals surface area contributed by atoms with E-state index in [1.807, 2.05) is 0 Å². The molecule has 0 aliphatic carbocycles. The van der Waals surface area contributed by atoms with Crippen LogP contribution in [0, 0.1) is 5.92 Å². The van der Waals surface area contributed by atoms with Gasteiger partial charge >= 0.3 is 0 Å². The third-order valence-electron chi connectivity index (χ3n) is 3.79. The van der Waals surface area contributed by atoms with Gasteiger partial charge in [0.15, 0.2) is 0 Å². The molecule has 1 aliphatic heterocycles. The van der Waals surface area contributed by atoms with Crippen LogP contribution < -0.4 is 10.6 Å². The number of hydrogen-bond donors (Lipinski definition) is 2. The molecule has 0 aromatic rings. The van der Waals surface area contributed by atoms with Crippen LogP contribution in [0.15, 0.2) is 0 Å². The van der Waals surface area contributed by atoms with Crippen molar-refractivity contribution < 1.29 is 9.53 Å². The summed E-state index contributed by atoms with van der Waals surface area (Å²) < 4.78 is 5.16. The lowest BCUT2D eigenvalue weighted by atomic mass is 9.88. The highest BCUT2D eigenvalue weighted by Gasteiger charge is 2.29. The molecule has 0 spiro atoms. The maximum absolute atomic E-state index is 11.9. The summed E-state index contributed by atoms with van der Waals surface area (Å²) in [7, 11) is 1.56. The van der Waals surface area contributed by atoms with Crippen molar-refractivity contribution in [1.29, 1.82) is 0 Å². The molecule has 0 radical (unpaired) electrons. The van der Waals surface area contributed by atoms with Crippen LogP contribution >= 0.6 is 0 Å². The molecule has 0 bridgehead atoms. The first-order valence-corrected chi connectivity index (χ1v) is 6.58. The Labute approximate surface area is 104 Å². The van der Waals surface area contributed by atoms with E-state index in [2.05, 4.69) is 17.6 Å². The zero-order chi connectivity index (χ0) is 12.9. The molecule has 100 valence electrons. The average molecular weight is 242 g/mol. The van der Waals surface area contributed by atoms with Gasteiger partial charge in [-0.1, -0.05) is 13.3 Å². The number of hydrogen-bond acceptors (Lipinski definition) is 3. The minimum absolute atomic E-state index is 0.0396. The molecule has 1 aliphatic rings. The third-order valence-corrected chi connectivity index (χ3v) is 3.79. The van der Waals surface area contributed by atoms with Gasteiger partial charge in [0.2, 0.25) is 0 Å². The second-order valence-corrected chi connectivity index (χ2v) is 5.30. The van der Waals surface area contributed by atoms with Crippen LogP contribution in [-0.4, -0.2) is 37.7 Å². The van der Waals surface area contributed by atoms with Crippen LogP contribution in [0.1, 0.15) is 40.0 Å². The number of ether oxygens (including phenoxy) is 1. The maximum Gasteiger partial charge on any atom is 0.251 e. The van der Waals surface area contributed by atoms with Crippen LogP contribution in [0.3, 0.4) is 0 Å². The Morgan fingerprint density at radius 3 is 2.82 bits per heavy atom. The Bertz CT molecular complexity index is 254. The van der Waals surface area contributed by atoms with Gasteiger partial charge in [-0.05, 0) is 39.2 Å². The van der Waals surface area contributed by atoms with E-state index in [0.717, 1.165) is 6.54 Å². The fourth-order valence-electron chi connectivity index (χ4n) is 2.26. The molecule has 2 atom stereocenters. The van der Waals surface area contributed by atoms with E-state index in [9.17, 15) is 4.79 Å². The summed E-state index contributed by atoms with van der Waals surface area (Å²) in [5.41, 5.74) is -0.740. The minimum atomic E-state index is -0.740. The van der Waals surface area contributed by atoms with Crippen molar-refractivity contribution in [3.63, 3.8) is 0 Å². The number of piperidine rings is 1. The number of rotatable bonds is 5. The molecule has 4 heteroatoms. The molecule has 0 aromatic carbocycles. The predicted molar refractivity (Wildman–Crippen MR) is 68.9 cm³/mol. The molecule has 1 heterocycles. The SMILES string of the molecule is CCC1CCCNC1CNC(=O)C(C)(C)OC. The van der Waals surface area contributed by atoms with E-state index in [-0.39, 0.29) is 5.91 Å². The van der Waals surface area contributed by atoms with Crippen molar-refractivity contribution in [2.45, 2.75) is 51.7 Å². The van der Waals surface area contributed by atoms with Crippen molar-refractivity contribution in [2.24, 2.45) is 5.92 Å². The summed E-state index contributed by atoms with van der Waals surface area (Å²) >= 11 is 0. The van der Waals surface area contributed by atoms with Gasteiger partial charge < -0.3 is 15.4 Å². The lowest BCUT2D eigenvalue weighted by Gasteiger charge is -2.33. The summed E-state index contributed by atoms with van der Waals surface area (Å²) in [5, 5.41) is 6.47. The Balaban J connectivity index is 2.41. The molecule has 1 saturated heterocycles. The van der Waals surface area contributed by atoms with Crippen molar-refractivity contribution in [2.75, 3.05) is 20.2 Å². The molecule has 4 nitrogen and oxygen atoms in total. The standard InChI is InChI=1S/C13H26N2O2/c1-5-10-7-6-8-14-11(10)9-15-12(16)13(2,3)17-4/h10-11,14H,5-9H2,1-4H3,(H,15,16). The van der Waals surface area contributed by atoms with Crippen LogP contribution in [0.25, 0.3) is 0 Å². The molecule has 17 heavy (non-hydrogen) atoms. The number of nitrogens with one attached hydrogen (secondary N) is 2. The molecule has 1 rings (SSSR count). The molecule has 2 N–H and O–H groups in total. The van der Waals surface area contributed by atoms with E-state index in [4.69, 9.17) is 4.74 Å². The van der Waals surface area contributed by atoms with Crippen LogP contribution in [0.5, 0.6) is 0 Å². The van der Waals surface area contributed by atoms with Gasteiger partial charge in [0.1, 0.15) is 5.60 Å². The van der Waals surface area contributed by atoms with Gasteiger partial charge in [0, 0.05) is 19.7 Å². The van der Waals surface area contributed by atoms with Gasteiger partial charge in [-0.2, -0.15) is 0 Å². The van der Waals surface area contributed by atoms with Crippen molar-refractivity contribution in [3.05, 3.63) is 0 Å². The predicted octanol–water partition coefficient (Wildman–Crippen LogP) is 1.31. The highest BCUT2D eigenvalue weighted by molar-refractivity contribution is 5.84. The van der Waals surface area contributed by atoms with Gasteiger partial charge in [0.25, 0.3) is 5.91 Å². The van der Waals surface area contributed by atoms with Crippen molar-refractivity contribution in [1.82, 2.24) is 10.6 Å². The van der Waals surface area contributed by atoms with E-state index in [1.165, 1.54) is 19.3 Å². The lowest BCUT2D eigenvalue weighted by Crippen LogP contribution is -2.52. The highest BCUT2D eigenvalue weighted by Crippen LogP contribution is 2.19. The lowest BCUT2D eigenvalue weighted by molar-refractivity contribution is -0.139. The third kappa shape index (κ3) is 3.96. The van der Waals surface area contributed by atoms with Crippen LogP contribution in [-0.2, 0) is 9.53 Å². The minimum Gasteiger partial charge on any atom is -0.369 e. The monoisotopic (exact) mass is 242 g/mol. The number of carbonyl (C=O) groups is 1. The van der Waals surface area contributed by atoms with Crippen molar-refractivity contribution >= 4 is 5.91 Å². The summed E-state index contributed by atoms with van der Waals surface area (Å²) in [5.74, 6) is 0.636. The van der Waals surface area contributed by atoms with Crippen LogP contribution in [0.2, 0.25) is 0 Å². The normalized spacial score (nSPS) is 25.6. The second kappa shape index (κ2) is 6.36. The largest absolute Gasteiger partial charge is 0.369 e. The van der Waals surface area contributed by atoms with E-state index in [1.54, 1.807) is 21.0 Å². The first-order valence-electron chi connectivity index (χ1n) is 6.58.